The Bertz CT molecular complexity index is 1560. The van der Waals surface area contributed by atoms with Gasteiger partial charge in [-0.1, -0.05) is 0 Å². The number of rotatable bonds is 7. The van der Waals surface area contributed by atoms with Crippen molar-refractivity contribution in [2.24, 2.45) is 0 Å². The lowest BCUT2D eigenvalue weighted by Crippen LogP contribution is -2.61. The van der Waals surface area contributed by atoms with E-state index in [1.807, 2.05) is 0 Å². The molecule has 1 aromatic heterocycles. The topological polar surface area (TPSA) is 258 Å². The maximum atomic E-state index is 13.7. The van der Waals surface area contributed by atoms with Crippen LogP contribution in [0.2, 0.25) is 0 Å². The van der Waals surface area contributed by atoms with Crippen molar-refractivity contribution in [3.8, 4) is 40.1 Å². The van der Waals surface area contributed by atoms with Crippen molar-refractivity contribution in [2.45, 2.75) is 68.3 Å². The number of hydrogen-bond donors (Lipinski definition) is 9. The lowest BCUT2D eigenvalue weighted by Gasteiger charge is -2.42. The Morgan fingerprint density at radius 1 is 0.795 bits per heavy atom. The fourth-order valence-electron chi connectivity index (χ4n) is 5.01. The number of aliphatic hydroxyl groups is 6. The summed E-state index contributed by atoms with van der Waals surface area (Å²) in [4.78, 5) is 13.7. The molecule has 16 nitrogen and oxygen atoms in total. The SMILES string of the molecule is COc1ccc(-c2oc3cc(O)cc(O)c3c(=O)c2O[C@@H]2O[C@@H](CO[C@@H]3O[C@H](C)[C@H](O)[C@H](O)[C@H]3O)[C@@H](O)[C@@H](O)[C@@H]2O)cc1O. The number of ether oxygens (including phenoxy) is 5. The zero-order chi connectivity index (χ0) is 32.0. The van der Waals surface area contributed by atoms with Gasteiger partial charge >= 0.3 is 0 Å². The number of hydrogen-bond acceptors (Lipinski definition) is 16. The molecule has 3 heterocycles. The van der Waals surface area contributed by atoms with Gasteiger partial charge in [0.15, 0.2) is 23.5 Å². The predicted octanol–water partition coefficient (Wildman–Crippen LogP) is -1.38. The Balaban J connectivity index is 1.48. The highest BCUT2D eigenvalue weighted by Crippen LogP contribution is 2.39. The molecular weight excluding hydrogens is 592 g/mol. The summed E-state index contributed by atoms with van der Waals surface area (Å²) in [5.41, 5.74) is -1.19. The van der Waals surface area contributed by atoms with Crippen LogP contribution in [0.5, 0.6) is 28.7 Å². The second-order valence-corrected chi connectivity index (χ2v) is 10.5. The normalized spacial score (nSPS) is 32.5. The number of fused-ring (bicyclic) bond motifs is 1. The average molecular weight is 625 g/mol. The summed E-state index contributed by atoms with van der Waals surface area (Å²) in [5, 5.41) is 92.3. The Kier molecular flexibility index (Phi) is 8.90. The largest absolute Gasteiger partial charge is 0.508 e. The molecule has 0 bridgehead atoms. The fourth-order valence-corrected chi connectivity index (χ4v) is 5.01. The van der Waals surface area contributed by atoms with Crippen molar-refractivity contribution in [3.63, 3.8) is 0 Å². The van der Waals surface area contributed by atoms with Crippen LogP contribution in [-0.2, 0) is 14.2 Å². The van der Waals surface area contributed by atoms with Crippen molar-refractivity contribution in [3.05, 3.63) is 40.6 Å². The summed E-state index contributed by atoms with van der Waals surface area (Å²) in [6.07, 6.45) is -16.0. The molecule has 0 aliphatic carbocycles. The van der Waals surface area contributed by atoms with E-state index in [1.165, 1.54) is 32.2 Å². The van der Waals surface area contributed by atoms with Crippen molar-refractivity contribution >= 4 is 11.0 Å². The van der Waals surface area contributed by atoms with Crippen LogP contribution in [0.1, 0.15) is 6.92 Å². The van der Waals surface area contributed by atoms with Gasteiger partial charge in [-0.25, -0.2) is 0 Å². The van der Waals surface area contributed by atoms with E-state index in [4.69, 9.17) is 28.1 Å². The number of phenols is 3. The minimum absolute atomic E-state index is 0.0594. The van der Waals surface area contributed by atoms with Crippen molar-refractivity contribution in [1.82, 2.24) is 0 Å². The first-order chi connectivity index (χ1) is 20.8. The first-order valence-electron chi connectivity index (χ1n) is 13.4. The maximum absolute atomic E-state index is 13.7. The van der Waals surface area contributed by atoms with Gasteiger partial charge in [-0.05, 0) is 25.1 Å². The lowest BCUT2D eigenvalue weighted by atomic mass is 9.98. The van der Waals surface area contributed by atoms with Crippen molar-refractivity contribution in [2.75, 3.05) is 13.7 Å². The van der Waals surface area contributed by atoms with E-state index in [9.17, 15) is 50.8 Å². The van der Waals surface area contributed by atoms with Crippen molar-refractivity contribution < 1.29 is 74.1 Å². The number of phenolic OH excluding ortho intramolecular Hbond substituents is 3. The molecule has 2 aliphatic heterocycles. The Labute approximate surface area is 248 Å². The third kappa shape index (κ3) is 5.74. The number of benzene rings is 2. The van der Waals surface area contributed by atoms with E-state index in [-0.39, 0.29) is 28.4 Å². The van der Waals surface area contributed by atoms with Crippen molar-refractivity contribution in [1.29, 1.82) is 0 Å². The zero-order valence-corrected chi connectivity index (χ0v) is 23.3. The first kappa shape index (κ1) is 31.7. The Hall–Kier alpha value is -3.71. The van der Waals surface area contributed by atoms with Gasteiger partial charge in [-0.2, -0.15) is 0 Å². The van der Waals surface area contributed by atoms with Gasteiger partial charge in [0, 0.05) is 17.7 Å². The third-order valence-electron chi connectivity index (χ3n) is 7.49. The Morgan fingerprint density at radius 3 is 2.16 bits per heavy atom. The van der Waals surface area contributed by atoms with E-state index in [2.05, 4.69) is 0 Å². The van der Waals surface area contributed by atoms with Crippen LogP contribution >= 0.6 is 0 Å². The summed E-state index contributed by atoms with van der Waals surface area (Å²) in [6, 6.07) is 5.88. The molecule has 2 saturated heterocycles. The summed E-state index contributed by atoms with van der Waals surface area (Å²) >= 11 is 0. The van der Waals surface area contributed by atoms with Crippen LogP contribution in [0.4, 0.5) is 0 Å². The van der Waals surface area contributed by atoms with Gasteiger partial charge in [0.05, 0.1) is 19.8 Å². The molecule has 2 aromatic carbocycles. The molecule has 44 heavy (non-hydrogen) atoms. The highest BCUT2D eigenvalue weighted by molar-refractivity contribution is 5.88. The first-order valence-corrected chi connectivity index (χ1v) is 13.4. The van der Waals surface area contributed by atoms with E-state index >= 15 is 0 Å². The second-order valence-electron chi connectivity index (χ2n) is 10.5. The van der Waals surface area contributed by atoms with E-state index in [0.717, 1.165) is 12.1 Å². The van der Waals surface area contributed by atoms with Gasteiger partial charge < -0.3 is 74.1 Å². The maximum Gasteiger partial charge on any atom is 0.239 e. The van der Waals surface area contributed by atoms with Crippen LogP contribution < -0.4 is 14.9 Å². The van der Waals surface area contributed by atoms with Crippen LogP contribution in [0.25, 0.3) is 22.3 Å². The molecule has 10 atom stereocenters. The highest BCUT2D eigenvalue weighted by Gasteiger charge is 2.47. The van der Waals surface area contributed by atoms with Gasteiger partial charge in [0.1, 0.15) is 65.2 Å². The molecule has 0 radical (unpaired) electrons. The summed E-state index contributed by atoms with van der Waals surface area (Å²) < 4.78 is 33.1. The number of aliphatic hydroxyl groups excluding tert-OH is 6. The second kappa shape index (κ2) is 12.4. The van der Waals surface area contributed by atoms with Crippen LogP contribution in [0, 0.1) is 0 Å². The number of methoxy groups -OCH3 is 1. The third-order valence-corrected chi connectivity index (χ3v) is 7.49. The molecular formula is C28H32O16. The molecule has 0 amide bonds. The minimum atomic E-state index is -1.95. The van der Waals surface area contributed by atoms with Crippen LogP contribution in [0.15, 0.2) is 39.5 Å². The molecule has 2 fully saturated rings. The smallest absolute Gasteiger partial charge is 0.239 e. The van der Waals surface area contributed by atoms with Crippen LogP contribution in [0.3, 0.4) is 0 Å². The Morgan fingerprint density at radius 2 is 1.48 bits per heavy atom. The number of aromatic hydroxyl groups is 3. The fraction of sp³-hybridized carbons (Fsp3) is 0.464. The molecule has 16 heteroatoms. The molecule has 3 aromatic rings. The molecule has 0 saturated carbocycles. The molecule has 5 rings (SSSR count). The molecule has 9 N–H and O–H groups in total. The predicted molar refractivity (Wildman–Crippen MR) is 145 cm³/mol. The lowest BCUT2D eigenvalue weighted by molar-refractivity contribution is -0.318. The van der Waals surface area contributed by atoms with E-state index in [1.54, 1.807) is 0 Å². The van der Waals surface area contributed by atoms with Gasteiger partial charge in [0.25, 0.3) is 0 Å². The molecule has 0 spiro atoms. The zero-order valence-electron chi connectivity index (χ0n) is 23.3. The van der Waals surface area contributed by atoms with Gasteiger partial charge in [-0.3, -0.25) is 4.79 Å². The minimum Gasteiger partial charge on any atom is -0.508 e. The quantitative estimate of drug-likeness (QED) is 0.147. The molecule has 240 valence electrons. The summed E-state index contributed by atoms with van der Waals surface area (Å²) in [7, 11) is 1.32. The van der Waals surface area contributed by atoms with Gasteiger partial charge in [0.2, 0.25) is 17.5 Å². The average Bonchev–Trinajstić information content (AvgIpc) is 2.98. The molecule has 0 unspecified atom stereocenters. The highest BCUT2D eigenvalue weighted by atomic mass is 16.7. The summed E-state index contributed by atoms with van der Waals surface area (Å²) in [6.45, 7) is 0.841. The van der Waals surface area contributed by atoms with Gasteiger partial charge in [-0.15, -0.1) is 0 Å². The molecule has 2 aliphatic rings. The summed E-state index contributed by atoms with van der Waals surface area (Å²) in [5.74, 6) is -2.33. The monoisotopic (exact) mass is 624 g/mol. The van der Waals surface area contributed by atoms with E-state index in [0.29, 0.717) is 0 Å². The standard InChI is InChI=1S/C28H32O16/c1-9-18(32)21(35)23(37)27(41-9)40-8-16-19(33)22(36)24(38)28(43-16)44-26-20(34)17-13(31)6-11(29)7-15(17)42-25(26)10-3-4-14(39-2)12(30)5-10/h3-7,9,16,18-19,21-24,27-33,35-38H,8H2,1-2H3/t9-,16+,18+,19-,21+,22-,23-,24+,27-,28+/m1/s1. The van der Waals surface area contributed by atoms with E-state index < -0.39 is 96.1 Å². The van der Waals surface area contributed by atoms with Crippen LogP contribution in [-0.4, -0.2) is 121 Å².